The van der Waals surface area contributed by atoms with Crippen LogP contribution in [0.25, 0.3) is 0 Å². The third-order valence-electron chi connectivity index (χ3n) is 3.94. The second-order valence-electron chi connectivity index (χ2n) is 5.22. The fourth-order valence-corrected chi connectivity index (χ4v) is 3.45. The topological polar surface area (TPSA) is 63.7 Å². The Bertz CT molecular complexity index is 650. The monoisotopic (exact) mass is 299 g/mol. The van der Waals surface area contributed by atoms with Gasteiger partial charge in [-0.1, -0.05) is 16.0 Å². The Morgan fingerprint density at radius 2 is 1.85 bits per heavy atom. The molecule has 2 aliphatic heterocycles. The van der Waals surface area contributed by atoms with Gasteiger partial charge in [0.25, 0.3) is 0 Å². The summed E-state index contributed by atoms with van der Waals surface area (Å²) in [6.45, 7) is 0.0720. The van der Waals surface area contributed by atoms with Crippen molar-refractivity contribution in [1.82, 2.24) is 4.31 Å². The van der Waals surface area contributed by atoms with E-state index in [0.717, 1.165) is 4.31 Å². The van der Waals surface area contributed by atoms with E-state index in [2.05, 4.69) is 0 Å². The predicted molar refractivity (Wildman–Crippen MR) is 69.6 cm³/mol. The Labute approximate surface area is 116 Å². The number of benzene rings is 1. The summed E-state index contributed by atoms with van der Waals surface area (Å²) in [6, 6.07) is 7.00. The van der Waals surface area contributed by atoms with Crippen molar-refractivity contribution >= 4 is 16.2 Å². The minimum atomic E-state index is -4.66. The number of hydrogen-bond donors (Lipinski definition) is 0. The minimum Gasteiger partial charge on any atom is -0.486 e. The summed E-state index contributed by atoms with van der Waals surface area (Å²) < 4.78 is 41.4. The molecule has 0 aliphatic carbocycles. The van der Waals surface area contributed by atoms with E-state index >= 15 is 0 Å². The molecule has 1 saturated heterocycles. The van der Waals surface area contributed by atoms with Gasteiger partial charge in [-0.25, -0.2) is 0 Å². The molecule has 1 spiro atoms. The van der Waals surface area contributed by atoms with Crippen molar-refractivity contribution in [1.29, 1.82) is 0 Å². The molecular formula is C13H14FNO4S. The van der Waals surface area contributed by atoms with Crippen LogP contribution in [0.5, 0.6) is 5.75 Å². The number of fused-ring (bicyclic) bond motifs is 1. The van der Waals surface area contributed by atoms with Crippen LogP contribution in [0.3, 0.4) is 0 Å². The van der Waals surface area contributed by atoms with Gasteiger partial charge in [-0.05, 0) is 12.1 Å². The summed E-state index contributed by atoms with van der Waals surface area (Å²) in [5.74, 6) is 0.517. The molecule has 1 aromatic carbocycles. The highest BCUT2D eigenvalue weighted by molar-refractivity contribution is 7.83. The highest BCUT2D eigenvalue weighted by atomic mass is 32.3. The van der Waals surface area contributed by atoms with Crippen molar-refractivity contribution in [2.45, 2.75) is 24.9 Å². The van der Waals surface area contributed by atoms with Crippen molar-refractivity contribution in [3.63, 3.8) is 0 Å². The van der Waals surface area contributed by atoms with Crippen molar-refractivity contribution in [2.75, 3.05) is 13.1 Å². The maximum absolute atomic E-state index is 12.9. The number of rotatable bonds is 1. The second kappa shape index (κ2) is 4.53. The van der Waals surface area contributed by atoms with Crippen LogP contribution in [0.15, 0.2) is 24.3 Å². The van der Waals surface area contributed by atoms with Gasteiger partial charge >= 0.3 is 10.4 Å². The SMILES string of the molecule is O=C1CC2(CCN(S(=O)(=O)F)CC2)Oc2ccccc21. The van der Waals surface area contributed by atoms with Crippen molar-refractivity contribution in [3.05, 3.63) is 29.8 Å². The van der Waals surface area contributed by atoms with Crippen LogP contribution < -0.4 is 4.74 Å². The lowest BCUT2D eigenvalue weighted by Gasteiger charge is -2.42. The molecule has 0 saturated carbocycles. The van der Waals surface area contributed by atoms with E-state index in [0.29, 0.717) is 24.2 Å². The Morgan fingerprint density at radius 1 is 1.20 bits per heavy atom. The highest BCUT2D eigenvalue weighted by Crippen LogP contribution is 2.39. The number of piperidine rings is 1. The van der Waals surface area contributed by atoms with Crippen LogP contribution in [0.4, 0.5) is 3.89 Å². The molecule has 1 aromatic rings. The summed E-state index contributed by atoms with van der Waals surface area (Å²) in [5, 5.41) is 0. The Morgan fingerprint density at radius 3 is 2.50 bits per heavy atom. The average molecular weight is 299 g/mol. The third-order valence-corrected chi connectivity index (χ3v) is 4.92. The summed E-state index contributed by atoms with van der Waals surface area (Å²) >= 11 is 0. The Balaban J connectivity index is 1.82. The largest absolute Gasteiger partial charge is 0.486 e. The molecule has 0 amide bonds. The number of Topliss-reactive ketones (excluding diaryl/α,β-unsaturated/α-hetero) is 1. The van der Waals surface area contributed by atoms with Gasteiger partial charge in [0, 0.05) is 25.9 Å². The summed E-state index contributed by atoms with van der Waals surface area (Å²) in [4.78, 5) is 12.2. The molecule has 0 N–H and O–H groups in total. The number of nitrogens with zero attached hydrogens (tertiary/aromatic N) is 1. The molecule has 0 aromatic heterocycles. The average Bonchev–Trinajstić information content (AvgIpc) is 2.38. The first-order valence-corrected chi connectivity index (χ1v) is 7.75. The molecule has 2 heterocycles. The number of carbonyl (C=O) groups is 1. The molecule has 5 nitrogen and oxygen atoms in total. The molecule has 0 bridgehead atoms. The molecule has 2 aliphatic rings. The first-order valence-electron chi connectivity index (χ1n) is 6.41. The molecule has 0 atom stereocenters. The van der Waals surface area contributed by atoms with Crippen molar-refractivity contribution < 1.29 is 21.8 Å². The first kappa shape index (κ1) is 13.5. The number of halogens is 1. The number of ketones is 1. The smallest absolute Gasteiger partial charge is 0.374 e. The van der Waals surface area contributed by atoms with Gasteiger partial charge in [-0.2, -0.15) is 12.7 Å². The summed E-state index contributed by atoms with van der Waals surface area (Å²) in [6.07, 6.45) is 0.844. The van der Waals surface area contributed by atoms with Gasteiger partial charge in [-0.15, -0.1) is 0 Å². The van der Waals surface area contributed by atoms with E-state index in [-0.39, 0.29) is 25.3 Å². The quantitative estimate of drug-likeness (QED) is 0.740. The maximum atomic E-state index is 12.9. The van der Waals surface area contributed by atoms with Crippen LogP contribution in [-0.4, -0.2) is 37.2 Å². The zero-order valence-electron chi connectivity index (χ0n) is 10.7. The van der Waals surface area contributed by atoms with Crippen molar-refractivity contribution in [2.24, 2.45) is 0 Å². The summed E-state index contributed by atoms with van der Waals surface area (Å²) in [7, 11) is -4.66. The Kier molecular flexibility index (Phi) is 3.06. The van der Waals surface area contributed by atoms with Crippen LogP contribution in [-0.2, 0) is 10.4 Å². The number of ether oxygens (including phenoxy) is 1. The predicted octanol–water partition coefficient (Wildman–Crippen LogP) is 1.70. The molecule has 0 unspecified atom stereocenters. The van der Waals surface area contributed by atoms with Crippen LogP contribution >= 0.6 is 0 Å². The fourth-order valence-electron chi connectivity index (χ4n) is 2.83. The van der Waals surface area contributed by atoms with E-state index in [1.165, 1.54) is 0 Å². The molecule has 1 fully saturated rings. The number of hydrogen-bond acceptors (Lipinski definition) is 4. The lowest BCUT2D eigenvalue weighted by atomic mass is 9.83. The third kappa shape index (κ3) is 2.31. The van der Waals surface area contributed by atoms with Gasteiger partial charge in [-0.3, -0.25) is 4.79 Å². The molecule has 7 heteroatoms. The number of carbonyl (C=O) groups excluding carboxylic acids is 1. The fraction of sp³-hybridized carbons (Fsp3) is 0.462. The lowest BCUT2D eigenvalue weighted by Crippen LogP contribution is -2.51. The van der Waals surface area contributed by atoms with Crippen LogP contribution in [0, 0.1) is 0 Å². The number of para-hydroxylation sites is 1. The van der Waals surface area contributed by atoms with E-state index in [9.17, 15) is 17.1 Å². The first-order chi connectivity index (χ1) is 9.40. The lowest BCUT2D eigenvalue weighted by molar-refractivity contribution is 0.00532. The van der Waals surface area contributed by atoms with Crippen molar-refractivity contribution in [3.8, 4) is 5.75 Å². The highest BCUT2D eigenvalue weighted by Gasteiger charge is 2.44. The summed E-state index contributed by atoms with van der Waals surface area (Å²) in [5.41, 5.74) is -0.147. The molecule has 0 radical (unpaired) electrons. The second-order valence-corrected chi connectivity index (χ2v) is 6.56. The van der Waals surface area contributed by atoms with E-state index < -0.39 is 16.0 Å². The van der Waals surface area contributed by atoms with Gasteiger partial charge in [0.05, 0.1) is 12.0 Å². The zero-order chi connectivity index (χ0) is 14.4. The molecular weight excluding hydrogens is 285 g/mol. The van der Waals surface area contributed by atoms with E-state index in [1.54, 1.807) is 24.3 Å². The molecule has 108 valence electrons. The Hall–Kier alpha value is -1.47. The minimum absolute atomic E-state index is 0.0107. The van der Waals surface area contributed by atoms with Gasteiger partial charge in [0.15, 0.2) is 5.78 Å². The normalized spacial score (nSPS) is 22.4. The van der Waals surface area contributed by atoms with Gasteiger partial charge < -0.3 is 4.74 Å². The van der Waals surface area contributed by atoms with Crippen LogP contribution in [0.2, 0.25) is 0 Å². The molecule has 20 heavy (non-hydrogen) atoms. The molecule has 3 rings (SSSR count). The van der Waals surface area contributed by atoms with Gasteiger partial charge in [0.2, 0.25) is 0 Å². The van der Waals surface area contributed by atoms with E-state index in [4.69, 9.17) is 4.74 Å². The maximum Gasteiger partial charge on any atom is 0.374 e. The van der Waals surface area contributed by atoms with E-state index in [1.807, 2.05) is 0 Å². The standard InChI is InChI=1S/C13H14FNO4S/c14-20(17,18)15-7-5-13(6-8-15)9-11(16)10-3-1-2-4-12(10)19-13/h1-4H,5-9H2. The van der Waals surface area contributed by atoms with Gasteiger partial charge in [0.1, 0.15) is 11.4 Å². The zero-order valence-corrected chi connectivity index (χ0v) is 11.5. The van der Waals surface area contributed by atoms with Crippen LogP contribution in [0.1, 0.15) is 29.6 Å².